The number of alkyl halides is 3. The van der Waals surface area contributed by atoms with Crippen LogP contribution in [0.15, 0.2) is 6.07 Å². The van der Waals surface area contributed by atoms with Gasteiger partial charge < -0.3 is 10.3 Å². The molecule has 2 rings (SSSR count). The molecule has 1 aromatic rings. The summed E-state index contributed by atoms with van der Waals surface area (Å²) in [5, 5.41) is 0. The van der Waals surface area contributed by atoms with Crippen LogP contribution in [-0.4, -0.2) is 23.1 Å². The van der Waals surface area contributed by atoms with Crippen molar-refractivity contribution >= 4 is 11.6 Å². The van der Waals surface area contributed by atoms with Gasteiger partial charge in [0.05, 0.1) is 0 Å². The van der Waals surface area contributed by atoms with Gasteiger partial charge in [-0.25, -0.2) is 15.8 Å². The van der Waals surface area contributed by atoms with E-state index in [9.17, 15) is 13.2 Å². The van der Waals surface area contributed by atoms with E-state index >= 15 is 0 Å². The highest BCUT2D eigenvalue weighted by Gasteiger charge is 2.37. The molecule has 1 aliphatic rings. The Morgan fingerprint density at radius 1 is 1.37 bits per heavy atom. The second-order valence-electron chi connectivity index (χ2n) is 5.41. The number of halogens is 3. The number of anilines is 2. The minimum Gasteiger partial charge on any atom is -0.356 e. The Bertz CT molecular complexity index is 472. The molecule has 0 atom stereocenters. The molecule has 0 aromatic carbocycles. The van der Waals surface area contributed by atoms with E-state index in [0.29, 0.717) is 13.1 Å². The van der Waals surface area contributed by atoms with Crippen molar-refractivity contribution in [2.24, 2.45) is 11.3 Å². The normalized spacial score (nSPS) is 18.7. The average molecular weight is 275 g/mol. The van der Waals surface area contributed by atoms with Gasteiger partial charge in [-0.1, -0.05) is 13.8 Å². The van der Waals surface area contributed by atoms with E-state index in [1.807, 2.05) is 4.90 Å². The third-order valence-electron chi connectivity index (χ3n) is 3.12. The lowest BCUT2D eigenvalue weighted by Gasteiger charge is -2.21. The second-order valence-corrected chi connectivity index (χ2v) is 5.41. The summed E-state index contributed by atoms with van der Waals surface area (Å²) in [7, 11) is 0. The lowest BCUT2D eigenvalue weighted by molar-refractivity contribution is -0.144. The largest absolute Gasteiger partial charge is 0.451 e. The molecule has 0 spiro atoms. The molecule has 0 aliphatic carbocycles. The summed E-state index contributed by atoms with van der Waals surface area (Å²) in [5.41, 5.74) is 2.22. The fourth-order valence-corrected chi connectivity index (χ4v) is 2.11. The van der Waals surface area contributed by atoms with Gasteiger partial charge in [-0.05, 0) is 11.8 Å². The summed E-state index contributed by atoms with van der Waals surface area (Å²) in [4.78, 5) is 8.74. The van der Waals surface area contributed by atoms with E-state index in [1.54, 1.807) is 0 Å². The van der Waals surface area contributed by atoms with E-state index < -0.39 is 12.0 Å². The lowest BCUT2D eigenvalue weighted by Crippen LogP contribution is -2.26. The van der Waals surface area contributed by atoms with Crippen LogP contribution in [0.25, 0.3) is 0 Å². The van der Waals surface area contributed by atoms with Crippen molar-refractivity contribution in [2.45, 2.75) is 26.4 Å². The van der Waals surface area contributed by atoms with Gasteiger partial charge >= 0.3 is 6.18 Å². The minimum absolute atomic E-state index is 0.0398. The van der Waals surface area contributed by atoms with E-state index in [2.05, 4.69) is 29.2 Å². The Kier molecular flexibility index (Phi) is 3.29. The topological polar surface area (TPSA) is 67.1 Å². The SMILES string of the molecule is CC1(C)CCN(c2cc(NN)nc(C(F)(F)F)n2)C1. The van der Waals surface area contributed by atoms with Crippen LogP contribution in [-0.2, 0) is 6.18 Å². The first-order valence-electron chi connectivity index (χ1n) is 5.89. The van der Waals surface area contributed by atoms with Crippen molar-refractivity contribution in [2.75, 3.05) is 23.4 Å². The molecule has 8 heteroatoms. The molecule has 106 valence electrons. The Morgan fingerprint density at radius 2 is 2.05 bits per heavy atom. The van der Waals surface area contributed by atoms with E-state index in [4.69, 9.17) is 5.84 Å². The van der Waals surface area contributed by atoms with Crippen molar-refractivity contribution in [1.82, 2.24) is 9.97 Å². The molecule has 0 unspecified atom stereocenters. The highest BCUT2D eigenvalue weighted by Crippen LogP contribution is 2.34. The molecule has 0 bridgehead atoms. The standard InChI is InChI=1S/C11H16F3N5/c1-10(2)3-4-19(6-10)8-5-7(18-15)16-9(17-8)11(12,13)14/h5H,3-4,6,15H2,1-2H3,(H,16,17,18). The number of rotatable bonds is 2. The first kappa shape index (κ1) is 13.9. The monoisotopic (exact) mass is 275 g/mol. The molecule has 1 aromatic heterocycles. The van der Waals surface area contributed by atoms with Gasteiger partial charge in [0.15, 0.2) is 0 Å². The highest BCUT2D eigenvalue weighted by molar-refractivity contribution is 5.50. The maximum Gasteiger partial charge on any atom is 0.451 e. The lowest BCUT2D eigenvalue weighted by atomic mass is 9.93. The van der Waals surface area contributed by atoms with Crippen LogP contribution in [0.4, 0.5) is 24.8 Å². The Morgan fingerprint density at radius 3 is 2.53 bits per heavy atom. The fraction of sp³-hybridized carbons (Fsp3) is 0.636. The van der Waals surface area contributed by atoms with Crippen molar-refractivity contribution in [3.63, 3.8) is 0 Å². The zero-order valence-corrected chi connectivity index (χ0v) is 10.8. The number of hydrazine groups is 1. The first-order valence-corrected chi connectivity index (χ1v) is 5.89. The highest BCUT2D eigenvalue weighted by atomic mass is 19.4. The quantitative estimate of drug-likeness (QED) is 0.638. The van der Waals surface area contributed by atoms with Crippen molar-refractivity contribution < 1.29 is 13.2 Å². The van der Waals surface area contributed by atoms with Gasteiger partial charge in [0.1, 0.15) is 11.6 Å². The molecule has 3 N–H and O–H groups in total. The molecule has 1 fully saturated rings. The van der Waals surface area contributed by atoms with Crippen LogP contribution in [0.3, 0.4) is 0 Å². The maximum absolute atomic E-state index is 12.7. The summed E-state index contributed by atoms with van der Waals surface area (Å²) < 4.78 is 38.1. The summed E-state index contributed by atoms with van der Waals surface area (Å²) >= 11 is 0. The number of nitrogens with two attached hydrogens (primary N) is 1. The second kappa shape index (κ2) is 4.52. The summed E-state index contributed by atoms with van der Waals surface area (Å²) in [6, 6.07) is 1.43. The van der Waals surface area contributed by atoms with Crippen molar-refractivity contribution in [3.8, 4) is 0 Å². The number of hydrogen-bond acceptors (Lipinski definition) is 5. The average Bonchev–Trinajstić information content (AvgIpc) is 2.68. The third kappa shape index (κ3) is 3.06. The van der Waals surface area contributed by atoms with Crippen LogP contribution in [0.1, 0.15) is 26.1 Å². The van der Waals surface area contributed by atoms with Gasteiger partial charge in [0.25, 0.3) is 0 Å². The molecular weight excluding hydrogens is 259 g/mol. The number of aromatic nitrogens is 2. The smallest absolute Gasteiger partial charge is 0.356 e. The number of nitrogens with one attached hydrogen (secondary N) is 1. The number of hydrogen-bond donors (Lipinski definition) is 2. The molecular formula is C11H16F3N5. The number of nitrogens with zero attached hydrogens (tertiary/aromatic N) is 3. The van der Waals surface area contributed by atoms with Gasteiger partial charge in [0.2, 0.25) is 5.82 Å². The zero-order valence-electron chi connectivity index (χ0n) is 10.8. The van der Waals surface area contributed by atoms with Crippen molar-refractivity contribution in [1.29, 1.82) is 0 Å². The Labute approximate surface area is 109 Å². The van der Waals surface area contributed by atoms with Crippen LogP contribution in [0.5, 0.6) is 0 Å². The molecule has 2 heterocycles. The van der Waals surface area contributed by atoms with Gasteiger partial charge in [-0.15, -0.1) is 0 Å². The summed E-state index contributed by atoms with van der Waals surface area (Å²) in [6.45, 7) is 5.47. The van der Waals surface area contributed by atoms with E-state index in [-0.39, 0.29) is 17.1 Å². The predicted molar refractivity (Wildman–Crippen MR) is 65.5 cm³/mol. The van der Waals surface area contributed by atoms with Crippen molar-refractivity contribution in [3.05, 3.63) is 11.9 Å². The van der Waals surface area contributed by atoms with Gasteiger partial charge in [0, 0.05) is 19.2 Å². The third-order valence-corrected chi connectivity index (χ3v) is 3.12. The maximum atomic E-state index is 12.7. The fourth-order valence-electron chi connectivity index (χ4n) is 2.11. The van der Waals surface area contributed by atoms with E-state index in [0.717, 1.165) is 6.42 Å². The van der Waals surface area contributed by atoms with Gasteiger partial charge in [-0.2, -0.15) is 13.2 Å². The van der Waals surface area contributed by atoms with Crippen LogP contribution in [0.2, 0.25) is 0 Å². The molecule has 1 saturated heterocycles. The Balaban J connectivity index is 2.35. The predicted octanol–water partition coefficient (Wildman–Crippen LogP) is 2.02. The zero-order chi connectivity index (χ0) is 14.3. The number of nitrogen functional groups attached to an aromatic ring is 1. The molecule has 1 aliphatic heterocycles. The first-order chi connectivity index (χ1) is 8.71. The summed E-state index contributed by atoms with van der Waals surface area (Å²) in [5.74, 6) is 4.19. The molecule has 0 amide bonds. The van der Waals surface area contributed by atoms with Crippen LogP contribution >= 0.6 is 0 Å². The molecule has 19 heavy (non-hydrogen) atoms. The Hall–Kier alpha value is -1.57. The van der Waals surface area contributed by atoms with Gasteiger partial charge in [-0.3, -0.25) is 0 Å². The summed E-state index contributed by atoms with van der Waals surface area (Å²) in [6.07, 6.45) is -3.68. The molecule has 0 saturated carbocycles. The molecule has 5 nitrogen and oxygen atoms in total. The van der Waals surface area contributed by atoms with E-state index in [1.165, 1.54) is 6.07 Å². The molecule has 0 radical (unpaired) electrons. The minimum atomic E-state index is -4.59. The van der Waals surface area contributed by atoms with Crippen LogP contribution < -0.4 is 16.2 Å². The van der Waals surface area contributed by atoms with Crippen LogP contribution in [0, 0.1) is 5.41 Å².